The summed E-state index contributed by atoms with van der Waals surface area (Å²) >= 11 is 0. The molecular weight excluding hydrogens is 544 g/mol. The summed E-state index contributed by atoms with van der Waals surface area (Å²) in [6, 6.07) is 17.6. The summed E-state index contributed by atoms with van der Waals surface area (Å²) in [5.74, 6) is -7.52. The van der Waals surface area contributed by atoms with Crippen LogP contribution in [0.3, 0.4) is 0 Å². The average Bonchev–Trinajstić information content (AvgIpc) is 3.39. The molecule has 1 spiro atoms. The van der Waals surface area contributed by atoms with Gasteiger partial charge in [-0.3, -0.25) is 24.0 Å². The van der Waals surface area contributed by atoms with Crippen LogP contribution in [0.25, 0.3) is 0 Å². The third kappa shape index (κ3) is 4.53. The maximum absolute atomic E-state index is 14.3. The van der Waals surface area contributed by atoms with Crippen LogP contribution in [0.1, 0.15) is 50.7 Å². The second-order valence-corrected chi connectivity index (χ2v) is 10.9. The predicted molar refractivity (Wildman–Crippen MR) is 145 cm³/mol. The minimum Gasteiger partial charge on any atom is -0.466 e. The number of rotatable bonds is 10. The normalized spacial score (nSPS) is 26.9. The molecule has 0 N–H and O–H groups in total. The van der Waals surface area contributed by atoms with Crippen molar-refractivity contribution in [3.63, 3.8) is 0 Å². The van der Waals surface area contributed by atoms with Crippen LogP contribution in [0.2, 0.25) is 0 Å². The van der Waals surface area contributed by atoms with Crippen molar-refractivity contribution in [3.05, 3.63) is 71.8 Å². The number of ether oxygens (including phenoxy) is 5. The molecule has 10 nitrogen and oxygen atoms in total. The fourth-order valence-corrected chi connectivity index (χ4v) is 7.03. The average molecular weight is 579 g/mol. The lowest BCUT2D eigenvalue weighted by atomic mass is 9.45. The third-order valence-corrected chi connectivity index (χ3v) is 8.81. The lowest BCUT2D eigenvalue weighted by molar-refractivity contribution is -0.280. The second kappa shape index (κ2) is 11.6. The van der Waals surface area contributed by atoms with E-state index in [1.807, 2.05) is 0 Å². The molecular formula is C32H34O10. The summed E-state index contributed by atoms with van der Waals surface area (Å²) in [6.07, 6.45) is 0.414. The highest BCUT2D eigenvalue weighted by Gasteiger charge is 2.85. The molecule has 0 amide bonds. The Kier molecular flexibility index (Phi) is 8.08. The van der Waals surface area contributed by atoms with Gasteiger partial charge in [0.2, 0.25) is 0 Å². The van der Waals surface area contributed by atoms with Gasteiger partial charge in [0.1, 0.15) is 36.1 Å². The fourth-order valence-electron chi connectivity index (χ4n) is 7.03. The molecule has 0 aromatic heterocycles. The zero-order chi connectivity index (χ0) is 30.0. The molecule has 2 aliphatic carbocycles. The van der Waals surface area contributed by atoms with E-state index in [2.05, 4.69) is 0 Å². The quantitative estimate of drug-likeness (QED) is 0.234. The standard InChI is InChI=1S/C32H34O10/c1-3-38-25(33)23-24-26(34)42-32(24)17-11-16-30(32,27(35)39-4-2)20-31(23,28(36)40-18-21-12-7-5-8-13-21)29(37)41-19-22-14-9-6-10-15-22/h5-10,12-15,23-24H,3-4,11,16-20H2,1-2H3/t23-,24-,30+,32+/m0/s1. The summed E-state index contributed by atoms with van der Waals surface area (Å²) in [5, 5.41) is 0. The van der Waals surface area contributed by atoms with E-state index in [9.17, 15) is 24.0 Å². The van der Waals surface area contributed by atoms with Crippen LogP contribution in [0.15, 0.2) is 60.7 Å². The molecule has 0 unspecified atom stereocenters. The Morgan fingerprint density at radius 1 is 0.762 bits per heavy atom. The van der Waals surface area contributed by atoms with E-state index in [0.29, 0.717) is 17.5 Å². The SMILES string of the molecule is CCOC(=O)[C@@H]1[C@H]2C(=O)O[C@]23CCC[C@]3(C(=O)OCC)CC1(C(=O)OCc1ccccc1)C(=O)OCc1ccccc1. The number of carbonyl (C=O) groups is 5. The topological polar surface area (TPSA) is 132 Å². The minimum atomic E-state index is -2.39. The van der Waals surface area contributed by atoms with Crippen molar-refractivity contribution in [2.24, 2.45) is 22.7 Å². The maximum atomic E-state index is 14.3. The summed E-state index contributed by atoms with van der Waals surface area (Å²) in [4.78, 5) is 69.4. The Morgan fingerprint density at radius 2 is 1.31 bits per heavy atom. The molecule has 10 heteroatoms. The van der Waals surface area contributed by atoms with Crippen molar-refractivity contribution >= 4 is 29.8 Å². The molecule has 2 aromatic rings. The van der Waals surface area contributed by atoms with Gasteiger partial charge in [-0.25, -0.2) is 0 Å². The first-order valence-electron chi connectivity index (χ1n) is 14.2. The smallest absolute Gasteiger partial charge is 0.324 e. The lowest BCUT2D eigenvalue weighted by Gasteiger charge is -2.62. The maximum Gasteiger partial charge on any atom is 0.324 e. The zero-order valence-corrected chi connectivity index (χ0v) is 23.7. The molecule has 42 heavy (non-hydrogen) atoms. The highest BCUT2D eigenvalue weighted by Crippen LogP contribution is 2.70. The zero-order valence-electron chi connectivity index (χ0n) is 23.7. The van der Waals surface area contributed by atoms with Gasteiger partial charge < -0.3 is 23.7 Å². The monoisotopic (exact) mass is 578 g/mol. The van der Waals surface area contributed by atoms with Gasteiger partial charge in [0.05, 0.1) is 13.2 Å². The molecule has 4 atom stereocenters. The molecule has 5 rings (SSSR count). The highest BCUT2D eigenvalue weighted by atomic mass is 16.6. The first kappa shape index (κ1) is 29.3. The number of hydrogen-bond donors (Lipinski definition) is 0. The molecule has 2 aromatic carbocycles. The summed E-state index contributed by atoms with van der Waals surface area (Å²) in [6.45, 7) is 2.75. The van der Waals surface area contributed by atoms with Gasteiger partial charge in [0.15, 0.2) is 5.41 Å². The van der Waals surface area contributed by atoms with E-state index in [0.717, 1.165) is 0 Å². The van der Waals surface area contributed by atoms with Gasteiger partial charge in [-0.15, -0.1) is 0 Å². The van der Waals surface area contributed by atoms with E-state index in [-0.39, 0.29) is 39.3 Å². The second-order valence-electron chi connectivity index (χ2n) is 10.9. The van der Waals surface area contributed by atoms with Crippen LogP contribution >= 0.6 is 0 Å². The van der Waals surface area contributed by atoms with Crippen molar-refractivity contribution in [2.75, 3.05) is 13.2 Å². The molecule has 1 heterocycles. The van der Waals surface area contributed by atoms with Gasteiger partial charge in [0, 0.05) is 0 Å². The Morgan fingerprint density at radius 3 is 1.81 bits per heavy atom. The largest absolute Gasteiger partial charge is 0.466 e. The molecule has 1 saturated heterocycles. The first-order valence-corrected chi connectivity index (χ1v) is 14.2. The first-order chi connectivity index (χ1) is 20.3. The highest BCUT2D eigenvalue weighted by molar-refractivity contribution is 6.08. The molecule has 0 radical (unpaired) electrons. The van der Waals surface area contributed by atoms with Crippen LogP contribution in [0.4, 0.5) is 0 Å². The van der Waals surface area contributed by atoms with Crippen molar-refractivity contribution in [1.82, 2.24) is 0 Å². The number of benzene rings is 2. The van der Waals surface area contributed by atoms with Gasteiger partial charge in [-0.05, 0) is 50.7 Å². The van der Waals surface area contributed by atoms with Gasteiger partial charge in [-0.2, -0.15) is 0 Å². The summed E-state index contributed by atoms with van der Waals surface area (Å²) in [7, 11) is 0. The Balaban J connectivity index is 1.64. The fraction of sp³-hybridized carbons (Fsp3) is 0.469. The molecule has 3 aliphatic rings. The molecule has 222 valence electrons. The van der Waals surface area contributed by atoms with Crippen LogP contribution in [0.5, 0.6) is 0 Å². The van der Waals surface area contributed by atoms with Crippen LogP contribution in [-0.4, -0.2) is 48.7 Å². The van der Waals surface area contributed by atoms with E-state index in [1.54, 1.807) is 74.5 Å². The van der Waals surface area contributed by atoms with Gasteiger partial charge >= 0.3 is 29.8 Å². The van der Waals surface area contributed by atoms with Crippen LogP contribution < -0.4 is 0 Å². The molecule has 0 bridgehead atoms. The van der Waals surface area contributed by atoms with Crippen molar-refractivity contribution in [3.8, 4) is 0 Å². The van der Waals surface area contributed by atoms with E-state index < -0.39 is 64.5 Å². The number of hydrogen-bond acceptors (Lipinski definition) is 10. The van der Waals surface area contributed by atoms with E-state index >= 15 is 0 Å². The third-order valence-electron chi connectivity index (χ3n) is 8.81. The van der Waals surface area contributed by atoms with Crippen LogP contribution in [0, 0.1) is 22.7 Å². The molecule has 3 fully saturated rings. The number of esters is 5. The summed E-state index contributed by atoms with van der Waals surface area (Å²) in [5.41, 5.74) is -4.10. The Labute approximate surface area is 243 Å². The Bertz CT molecular complexity index is 1300. The van der Waals surface area contributed by atoms with Crippen molar-refractivity contribution in [2.45, 2.75) is 58.3 Å². The Hall–Kier alpha value is -4.21. The molecule has 1 aliphatic heterocycles. The predicted octanol–water partition coefficient (Wildman–Crippen LogP) is 3.69. The minimum absolute atomic E-state index is 0.0283. The van der Waals surface area contributed by atoms with Gasteiger partial charge in [0.25, 0.3) is 0 Å². The van der Waals surface area contributed by atoms with E-state index in [4.69, 9.17) is 23.7 Å². The van der Waals surface area contributed by atoms with Crippen molar-refractivity contribution < 1.29 is 47.7 Å². The number of carbonyl (C=O) groups excluding carboxylic acids is 5. The van der Waals surface area contributed by atoms with Gasteiger partial charge in [-0.1, -0.05) is 60.7 Å². The van der Waals surface area contributed by atoms with Crippen LogP contribution in [-0.2, 0) is 60.9 Å². The summed E-state index contributed by atoms with van der Waals surface area (Å²) < 4.78 is 28.0. The molecule has 2 saturated carbocycles. The van der Waals surface area contributed by atoms with Crippen molar-refractivity contribution in [1.29, 1.82) is 0 Å². The lowest BCUT2D eigenvalue weighted by Crippen LogP contribution is -2.77. The van der Waals surface area contributed by atoms with E-state index in [1.165, 1.54) is 0 Å².